The Labute approximate surface area is 202 Å². The van der Waals surface area contributed by atoms with Crippen molar-refractivity contribution in [1.82, 2.24) is 16.0 Å². The fourth-order valence-corrected chi connectivity index (χ4v) is 3.18. The number of nitrogens with one attached hydrogen (secondary N) is 3. The Balaban J connectivity index is 2.71. The lowest BCUT2D eigenvalue weighted by molar-refractivity contribution is -0.133. The second-order valence-electron chi connectivity index (χ2n) is 9.32. The molecule has 4 N–H and O–H groups in total. The summed E-state index contributed by atoms with van der Waals surface area (Å²) >= 11 is 0. The molecule has 190 valence electrons. The first-order valence-electron chi connectivity index (χ1n) is 11.7. The molecule has 3 atom stereocenters. The highest BCUT2D eigenvalue weighted by Gasteiger charge is 2.29. The summed E-state index contributed by atoms with van der Waals surface area (Å²) in [6, 6.07) is 7.81. The quantitative estimate of drug-likeness (QED) is 0.344. The molecule has 0 aliphatic rings. The molecule has 0 radical (unpaired) electrons. The van der Waals surface area contributed by atoms with Gasteiger partial charge in [0.25, 0.3) is 0 Å². The van der Waals surface area contributed by atoms with E-state index in [0.29, 0.717) is 19.3 Å². The van der Waals surface area contributed by atoms with Crippen LogP contribution in [0.2, 0.25) is 0 Å². The van der Waals surface area contributed by atoms with Gasteiger partial charge in [-0.15, -0.1) is 0 Å². The zero-order valence-corrected chi connectivity index (χ0v) is 20.8. The molecule has 9 heteroatoms. The Bertz CT molecular complexity index is 807. The van der Waals surface area contributed by atoms with Gasteiger partial charge in [-0.2, -0.15) is 0 Å². The van der Waals surface area contributed by atoms with E-state index in [1.54, 1.807) is 20.8 Å². The number of aliphatic hydroxyl groups is 1. The molecule has 1 rings (SSSR count). The van der Waals surface area contributed by atoms with E-state index in [9.17, 15) is 24.3 Å². The lowest BCUT2D eigenvalue weighted by Gasteiger charge is -2.26. The minimum Gasteiger partial charge on any atom is -0.444 e. The number of alkyl carbamates (subject to hydrolysis) is 1. The number of carbonyl (C=O) groups is 4. The predicted octanol–water partition coefficient (Wildman–Crippen LogP) is 2.11. The van der Waals surface area contributed by atoms with Crippen LogP contribution in [0.5, 0.6) is 0 Å². The number of aryl methyl sites for hydroxylation is 1. The van der Waals surface area contributed by atoms with Gasteiger partial charge in [-0.3, -0.25) is 14.4 Å². The lowest BCUT2D eigenvalue weighted by Crippen LogP contribution is -2.54. The Kier molecular flexibility index (Phi) is 12.3. The molecule has 0 saturated heterocycles. The van der Waals surface area contributed by atoms with E-state index >= 15 is 0 Å². The van der Waals surface area contributed by atoms with E-state index in [2.05, 4.69) is 16.0 Å². The zero-order chi connectivity index (χ0) is 25.7. The van der Waals surface area contributed by atoms with Gasteiger partial charge in [-0.25, -0.2) is 4.79 Å². The number of benzene rings is 1. The molecule has 9 nitrogen and oxygen atoms in total. The number of Topliss-reactive ketones (excluding diaryl/α,β-unsaturated/α-hetero) is 1. The Morgan fingerprint density at radius 1 is 1.06 bits per heavy atom. The number of aliphatic hydroxyl groups excluding tert-OH is 1. The molecular weight excluding hydrogens is 438 g/mol. The van der Waals surface area contributed by atoms with Crippen LogP contribution in [0.15, 0.2) is 30.3 Å². The molecule has 3 unspecified atom stereocenters. The third-order valence-electron chi connectivity index (χ3n) is 5.26. The summed E-state index contributed by atoms with van der Waals surface area (Å²) in [4.78, 5) is 49.4. The van der Waals surface area contributed by atoms with E-state index in [1.165, 1.54) is 0 Å². The summed E-state index contributed by atoms with van der Waals surface area (Å²) in [6.07, 6.45) is 0.842. The number of ether oxygens (including phenoxy) is 1. The zero-order valence-electron chi connectivity index (χ0n) is 20.8. The van der Waals surface area contributed by atoms with Gasteiger partial charge in [0.1, 0.15) is 18.2 Å². The van der Waals surface area contributed by atoms with Crippen molar-refractivity contribution >= 4 is 23.7 Å². The molecule has 1 aromatic carbocycles. The maximum absolute atomic E-state index is 13.0. The third-order valence-corrected chi connectivity index (χ3v) is 5.26. The van der Waals surface area contributed by atoms with E-state index in [4.69, 9.17) is 4.74 Å². The van der Waals surface area contributed by atoms with Crippen LogP contribution in [0.25, 0.3) is 0 Å². The van der Waals surface area contributed by atoms with E-state index < -0.39 is 48.0 Å². The average Bonchev–Trinajstić information content (AvgIpc) is 2.78. The van der Waals surface area contributed by atoms with Gasteiger partial charge in [-0.05, 0) is 45.1 Å². The van der Waals surface area contributed by atoms with Crippen molar-refractivity contribution in [1.29, 1.82) is 0 Å². The van der Waals surface area contributed by atoms with Gasteiger partial charge in [0, 0.05) is 13.0 Å². The van der Waals surface area contributed by atoms with Crippen LogP contribution < -0.4 is 16.0 Å². The van der Waals surface area contributed by atoms with Crippen molar-refractivity contribution in [2.75, 3.05) is 13.2 Å². The summed E-state index contributed by atoms with van der Waals surface area (Å²) in [5.74, 6) is -1.57. The highest BCUT2D eigenvalue weighted by atomic mass is 16.6. The maximum atomic E-state index is 13.0. The SMILES string of the molecule is CCC(C)C(NC(=O)CCNC(=O)OC(C)(C)C)C(=O)NC(CCc1ccccc1)C(=O)CO. The summed E-state index contributed by atoms with van der Waals surface area (Å²) in [5, 5.41) is 17.3. The van der Waals surface area contributed by atoms with Crippen LogP contribution in [0.4, 0.5) is 4.79 Å². The second kappa shape index (κ2) is 14.3. The molecule has 0 bridgehead atoms. The molecule has 0 aliphatic heterocycles. The fraction of sp³-hybridized carbons (Fsp3) is 0.600. The molecule has 0 heterocycles. The van der Waals surface area contributed by atoms with Crippen molar-refractivity contribution in [2.45, 2.75) is 78.0 Å². The number of hydrogen-bond acceptors (Lipinski definition) is 6. The molecule has 0 aromatic heterocycles. The smallest absolute Gasteiger partial charge is 0.407 e. The highest BCUT2D eigenvalue weighted by Crippen LogP contribution is 2.11. The Hall–Kier alpha value is -2.94. The van der Waals surface area contributed by atoms with Crippen LogP contribution >= 0.6 is 0 Å². The van der Waals surface area contributed by atoms with Crippen LogP contribution in [0.1, 0.15) is 59.4 Å². The van der Waals surface area contributed by atoms with Gasteiger partial charge in [0.2, 0.25) is 11.8 Å². The van der Waals surface area contributed by atoms with Crippen LogP contribution in [0.3, 0.4) is 0 Å². The topological polar surface area (TPSA) is 134 Å². The Morgan fingerprint density at radius 3 is 2.26 bits per heavy atom. The number of carbonyl (C=O) groups excluding carboxylic acids is 4. The summed E-state index contributed by atoms with van der Waals surface area (Å²) in [7, 11) is 0. The summed E-state index contributed by atoms with van der Waals surface area (Å²) in [5.41, 5.74) is 0.367. The lowest BCUT2D eigenvalue weighted by atomic mass is 9.96. The maximum Gasteiger partial charge on any atom is 0.407 e. The van der Waals surface area contributed by atoms with Gasteiger partial charge in [0.15, 0.2) is 5.78 Å². The van der Waals surface area contributed by atoms with Gasteiger partial charge in [-0.1, -0.05) is 50.6 Å². The van der Waals surface area contributed by atoms with Gasteiger partial charge >= 0.3 is 6.09 Å². The largest absolute Gasteiger partial charge is 0.444 e. The minimum absolute atomic E-state index is 0.0353. The second-order valence-corrected chi connectivity index (χ2v) is 9.32. The van der Waals surface area contributed by atoms with Crippen molar-refractivity contribution < 1.29 is 29.0 Å². The Morgan fingerprint density at radius 2 is 1.71 bits per heavy atom. The number of ketones is 1. The molecule has 1 aromatic rings. The minimum atomic E-state index is -0.866. The normalized spacial score (nSPS) is 13.8. The number of amides is 3. The monoisotopic (exact) mass is 477 g/mol. The van der Waals surface area contributed by atoms with Crippen molar-refractivity contribution in [3.63, 3.8) is 0 Å². The molecule has 0 aliphatic carbocycles. The molecule has 0 saturated carbocycles. The first-order valence-corrected chi connectivity index (χ1v) is 11.7. The first-order chi connectivity index (χ1) is 16.0. The first kappa shape index (κ1) is 29.1. The van der Waals surface area contributed by atoms with Gasteiger partial charge in [0.05, 0.1) is 6.04 Å². The molecule has 34 heavy (non-hydrogen) atoms. The van der Waals surface area contributed by atoms with Gasteiger partial charge < -0.3 is 25.8 Å². The number of rotatable bonds is 13. The highest BCUT2D eigenvalue weighted by molar-refractivity contribution is 5.93. The molecule has 3 amide bonds. The molecule has 0 fully saturated rings. The van der Waals surface area contributed by atoms with E-state index in [-0.39, 0.29) is 18.9 Å². The van der Waals surface area contributed by atoms with Crippen LogP contribution in [-0.4, -0.2) is 59.6 Å². The summed E-state index contributed by atoms with van der Waals surface area (Å²) < 4.78 is 5.13. The van der Waals surface area contributed by atoms with E-state index in [0.717, 1.165) is 5.56 Å². The van der Waals surface area contributed by atoms with Crippen molar-refractivity contribution in [2.24, 2.45) is 5.92 Å². The van der Waals surface area contributed by atoms with Crippen molar-refractivity contribution in [3.8, 4) is 0 Å². The molecule has 0 spiro atoms. The fourth-order valence-electron chi connectivity index (χ4n) is 3.18. The number of hydrogen-bond donors (Lipinski definition) is 4. The van der Waals surface area contributed by atoms with Crippen molar-refractivity contribution in [3.05, 3.63) is 35.9 Å². The standard InChI is InChI=1S/C25H39N3O6/c1-6-17(2)22(28-21(31)14-15-26-24(33)34-25(3,4)5)23(32)27-19(20(30)16-29)13-12-18-10-8-7-9-11-18/h7-11,17,19,22,29H,6,12-16H2,1-5H3,(H,26,33)(H,27,32)(H,28,31). The predicted molar refractivity (Wildman–Crippen MR) is 129 cm³/mol. The van der Waals surface area contributed by atoms with Crippen LogP contribution in [0, 0.1) is 5.92 Å². The average molecular weight is 478 g/mol. The molecular formula is C25H39N3O6. The van der Waals surface area contributed by atoms with Crippen LogP contribution in [-0.2, 0) is 25.5 Å². The summed E-state index contributed by atoms with van der Waals surface area (Å²) in [6.45, 7) is 8.31. The van der Waals surface area contributed by atoms with E-state index in [1.807, 2.05) is 44.2 Å². The third kappa shape index (κ3) is 11.3.